The Hall–Kier alpha value is -0.160. The number of hydrogen-bond acceptors (Lipinski definition) is 4. The lowest BCUT2D eigenvalue weighted by Gasteiger charge is -1.97. The van der Waals surface area contributed by atoms with Crippen LogP contribution in [0, 0.1) is 0 Å². The minimum absolute atomic E-state index is 0.426. The Bertz CT molecular complexity index is 144. The molecule has 4 nitrogen and oxygen atoms in total. The fraction of sp³-hybridized carbons (Fsp3) is 1.00. The Morgan fingerprint density at radius 3 is 2.13 bits per heavy atom. The van der Waals surface area contributed by atoms with Gasteiger partial charge < -0.3 is 18.9 Å². The minimum Gasteiger partial charge on any atom is -0.382 e. The summed E-state index contributed by atoms with van der Waals surface area (Å²) in [5.41, 5.74) is 0. The molecular formula is C11H22O4. The predicted molar refractivity (Wildman–Crippen MR) is 57.1 cm³/mol. The average molecular weight is 218 g/mol. The summed E-state index contributed by atoms with van der Waals surface area (Å²) in [7, 11) is 1.68. The molecule has 2 atom stereocenters. The smallest absolute Gasteiger partial charge is 0.104 e. The van der Waals surface area contributed by atoms with Crippen LogP contribution in [0.15, 0.2) is 0 Å². The first-order chi connectivity index (χ1) is 7.36. The zero-order chi connectivity index (χ0) is 10.9. The van der Waals surface area contributed by atoms with E-state index >= 15 is 0 Å². The van der Waals surface area contributed by atoms with E-state index in [2.05, 4.69) is 6.92 Å². The second-order valence-electron chi connectivity index (χ2n) is 3.79. The standard InChI is InChI=1S/C7H14O2.C4H8O2/c1-2-3-4-8-5-7-6-9-7;1-5-2-4-3-6-4/h7H,2-6H2,1H3;4H,2-3H2,1H3. The van der Waals surface area contributed by atoms with Gasteiger partial charge in [-0.25, -0.2) is 0 Å². The van der Waals surface area contributed by atoms with E-state index in [1.165, 1.54) is 12.8 Å². The maximum absolute atomic E-state index is 5.27. The van der Waals surface area contributed by atoms with E-state index in [0.29, 0.717) is 12.2 Å². The van der Waals surface area contributed by atoms with Crippen LogP contribution in [0.3, 0.4) is 0 Å². The lowest BCUT2D eigenvalue weighted by Crippen LogP contribution is -2.01. The molecule has 2 aliphatic heterocycles. The van der Waals surface area contributed by atoms with Gasteiger partial charge in [0, 0.05) is 13.7 Å². The Morgan fingerprint density at radius 1 is 1.13 bits per heavy atom. The Balaban J connectivity index is 0.000000162. The molecular weight excluding hydrogens is 196 g/mol. The van der Waals surface area contributed by atoms with Gasteiger partial charge in [0.1, 0.15) is 12.2 Å². The molecule has 0 spiro atoms. The van der Waals surface area contributed by atoms with Crippen LogP contribution in [0.1, 0.15) is 19.8 Å². The minimum atomic E-state index is 0.426. The largest absolute Gasteiger partial charge is 0.382 e. The van der Waals surface area contributed by atoms with Gasteiger partial charge in [0.15, 0.2) is 0 Å². The van der Waals surface area contributed by atoms with Gasteiger partial charge in [-0.1, -0.05) is 13.3 Å². The molecule has 0 radical (unpaired) electrons. The SMILES string of the molecule is CCCCOCC1CO1.COCC1CO1. The van der Waals surface area contributed by atoms with Crippen LogP contribution in [0.25, 0.3) is 0 Å². The summed E-state index contributed by atoms with van der Waals surface area (Å²) in [6.45, 7) is 6.44. The highest BCUT2D eigenvalue weighted by atomic mass is 16.6. The molecule has 4 heteroatoms. The quantitative estimate of drug-likeness (QED) is 0.476. The maximum atomic E-state index is 5.27. The fourth-order valence-corrected chi connectivity index (χ4v) is 0.976. The number of methoxy groups -OCH3 is 1. The van der Waals surface area contributed by atoms with E-state index in [9.17, 15) is 0 Å². The van der Waals surface area contributed by atoms with E-state index in [1.54, 1.807) is 7.11 Å². The maximum Gasteiger partial charge on any atom is 0.104 e. The van der Waals surface area contributed by atoms with Crippen molar-refractivity contribution in [3.8, 4) is 0 Å². The molecule has 0 saturated carbocycles. The van der Waals surface area contributed by atoms with Gasteiger partial charge >= 0.3 is 0 Å². The molecule has 0 aliphatic carbocycles. The topological polar surface area (TPSA) is 43.5 Å². The first kappa shape index (κ1) is 12.9. The number of rotatable bonds is 7. The van der Waals surface area contributed by atoms with Crippen molar-refractivity contribution in [3.63, 3.8) is 0 Å². The highest BCUT2D eigenvalue weighted by molar-refractivity contribution is 4.67. The highest BCUT2D eigenvalue weighted by Crippen LogP contribution is 2.08. The molecule has 2 rings (SSSR count). The number of epoxide rings is 2. The molecule has 2 saturated heterocycles. The predicted octanol–water partition coefficient (Wildman–Crippen LogP) is 1.23. The molecule has 0 aromatic heterocycles. The Kier molecular flexibility index (Phi) is 6.92. The van der Waals surface area contributed by atoms with E-state index in [-0.39, 0.29) is 0 Å². The van der Waals surface area contributed by atoms with Crippen molar-refractivity contribution in [2.75, 3.05) is 40.1 Å². The van der Waals surface area contributed by atoms with Crippen molar-refractivity contribution in [1.82, 2.24) is 0 Å². The second kappa shape index (κ2) is 8.05. The zero-order valence-corrected chi connectivity index (χ0v) is 9.74. The number of hydrogen-bond donors (Lipinski definition) is 0. The summed E-state index contributed by atoms with van der Waals surface area (Å²) in [6, 6.07) is 0. The normalized spacial score (nSPS) is 26.8. The van der Waals surface area contributed by atoms with Crippen molar-refractivity contribution < 1.29 is 18.9 Å². The molecule has 15 heavy (non-hydrogen) atoms. The molecule has 0 aromatic rings. The van der Waals surface area contributed by atoms with Crippen LogP contribution in [0.5, 0.6) is 0 Å². The number of ether oxygens (including phenoxy) is 4. The Morgan fingerprint density at radius 2 is 1.73 bits per heavy atom. The lowest BCUT2D eigenvalue weighted by molar-refractivity contribution is 0.114. The van der Waals surface area contributed by atoms with Crippen molar-refractivity contribution in [2.45, 2.75) is 32.0 Å². The summed E-state index contributed by atoms with van der Waals surface area (Å²) in [6.07, 6.45) is 3.25. The Labute approximate surface area is 91.8 Å². The zero-order valence-electron chi connectivity index (χ0n) is 9.74. The van der Waals surface area contributed by atoms with E-state index in [4.69, 9.17) is 18.9 Å². The fourth-order valence-electron chi connectivity index (χ4n) is 0.976. The van der Waals surface area contributed by atoms with Crippen LogP contribution >= 0.6 is 0 Å². The third-order valence-electron chi connectivity index (χ3n) is 2.10. The first-order valence-electron chi connectivity index (χ1n) is 5.66. The molecule has 2 unspecified atom stereocenters. The average Bonchev–Trinajstić information content (AvgIpc) is 3.07. The van der Waals surface area contributed by atoms with Crippen molar-refractivity contribution in [2.24, 2.45) is 0 Å². The monoisotopic (exact) mass is 218 g/mol. The molecule has 90 valence electrons. The van der Waals surface area contributed by atoms with Crippen molar-refractivity contribution >= 4 is 0 Å². The van der Waals surface area contributed by atoms with Gasteiger partial charge in [0.05, 0.1) is 26.4 Å². The van der Waals surface area contributed by atoms with Crippen LogP contribution < -0.4 is 0 Å². The summed E-state index contributed by atoms with van der Waals surface area (Å²) in [5.74, 6) is 0. The van der Waals surface area contributed by atoms with Crippen LogP contribution in [0.4, 0.5) is 0 Å². The van der Waals surface area contributed by atoms with Gasteiger partial charge in [0.2, 0.25) is 0 Å². The molecule has 0 N–H and O–H groups in total. The van der Waals surface area contributed by atoms with E-state index in [1.807, 2.05) is 0 Å². The van der Waals surface area contributed by atoms with Crippen molar-refractivity contribution in [1.29, 1.82) is 0 Å². The second-order valence-corrected chi connectivity index (χ2v) is 3.79. The van der Waals surface area contributed by atoms with Gasteiger partial charge in [-0.15, -0.1) is 0 Å². The summed E-state index contributed by atoms with van der Waals surface area (Å²) in [4.78, 5) is 0. The summed E-state index contributed by atoms with van der Waals surface area (Å²) in [5, 5.41) is 0. The molecule has 0 bridgehead atoms. The van der Waals surface area contributed by atoms with E-state index in [0.717, 1.165) is 33.0 Å². The van der Waals surface area contributed by atoms with Crippen LogP contribution in [-0.2, 0) is 18.9 Å². The molecule has 2 fully saturated rings. The third-order valence-corrected chi connectivity index (χ3v) is 2.10. The molecule has 2 aliphatic rings. The summed E-state index contributed by atoms with van der Waals surface area (Å²) < 4.78 is 19.8. The van der Waals surface area contributed by atoms with Gasteiger partial charge in [0.25, 0.3) is 0 Å². The highest BCUT2D eigenvalue weighted by Gasteiger charge is 2.22. The molecule has 0 aromatic carbocycles. The van der Waals surface area contributed by atoms with Crippen LogP contribution in [0.2, 0.25) is 0 Å². The van der Waals surface area contributed by atoms with Crippen molar-refractivity contribution in [3.05, 3.63) is 0 Å². The molecule has 2 heterocycles. The molecule has 0 amide bonds. The van der Waals surface area contributed by atoms with Crippen LogP contribution in [-0.4, -0.2) is 52.4 Å². The summed E-state index contributed by atoms with van der Waals surface area (Å²) >= 11 is 0. The number of unbranched alkanes of at least 4 members (excludes halogenated alkanes) is 1. The third kappa shape index (κ3) is 8.81. The van der Waals surface area contributed by atoms with Gasteiger partial charge in [-0.2, -0.15) is 0 Å². The van der Waals surface area contributed by atoms with Gasteiger partial charge in [-0.05, 0) is 6.42 Å². The first-order valence-corrected chi connectivity index (χ1v) is 5.66. The van der Waals surface area contributed by atoms with E-state index < -0.39 is 0 Å². The lowest BCUT2D eigenvalue weighted by atomic mass is 10.4. The van der Waals surface area contributed by atoms with Gasteiger partial charge in [-0.3, -0.25) is 0 Å².